The van der Waals surface area contributed by atoms with Crippen LogP contribution in [0.3, 0.4) is 0 Å². The largest absolute Gasteiger partial charge is 0.371 e. The van der Waals surface area contributed by atoms with Crippen LogP contribution in [0.2, 0.25) is 5.02 Å². The Hall–Kier alpha value is -0.690. The maximum Gasteiger partial charge on any atom is 0.122 e. The number of aromatic nitrogens is 1. The summed E-state index contributed by atoms with van der Waals surface area (Å²) in [5.41, 5.74) is 1.20. The summed E-state index contributed by atoms with van der Waals surface area (Å²) in [5.74, 6) is 0. The van der Waals surface area contributed by atoms with E-state index in [-0.39, 0.29) is 18.5 Å². The average molecular weight is 400 g/mol. The molecule has 0 saturated carbocycles. The van der Waals surface area contributed by atoms with Crippen molar-refractivity contribution in [3.63, 3.8) is 0 Å². The average Bonchev–Trinajstić information content (AvgIpc) is 3.27. The van der Waals surface area contributed by atoms with E-state index in [1.54, 1.807) is 11.3 Å². The molecule has 2 unspecified atom stereocenters. The molecule has 2 saturated heterocycles. The van der Waals surface area contributed by atoms with Crippen LogP contribution in [0.4, 0.5) is 0 Å². The number of thiazole rings is 1. The highest BCUT2D eigenvalue weighted by Crippen LogP contribution is 2.34. The van der Waals surface area contributed by atoms with Gasteiger partial charge < -0.3 is 10.1 Å². The number of hydrogen-bond donors (Lipinski definition) is 1. The quantitative estimate of drug-likeness (QED) is 0.834. The first kappa shape index (κ1) is 19.1. The zero-order chi connectivity index (χ0) is 16.4. The SMILES string of the molecule is Cl.Clc1ccccc1C1CNCCN1Cc1cnc(C2CCCO2)s1. The number of hydrogen-bond acceptors (Lipinski definition) is 5. The van der Waals surface area contributed by atoms with Gasteiger partial charge in [-0.3, -0.25) is 4.90 Å². The van der Waals surface area contributed by atoms with Gasteiger partial charge in [0.15, 0.2) is 0 Å². The van der Waals surface area contributed by atoms with Gasteiger partial charge in [0.2, 0.25) is 0 Å². The van der Waals surface area contributed by atoms with Crippen molar-refractivity contribution in [2.75, 3.05) is 26.2 Å². The molecule has 25 heavy (non-hydrogen) atoms. The topological polar surface area (TPSA) is 37.4 Å². The van der Waals surface area contributed by atoms with Gasteiger partial charge in [0.05, 0.1) is 0 Å². The fraction of sp³-hybridized carbons (Fsp3) is 0.500. The summed E-state index contributed by atoms with van der Waals surface area (Å²) in [4.78, 5) is 8.41. The molecule has 2 aliphatic rings. The molecule has 0 bridgehead atoms. The summed E-state index contributed by atoms with van der Waals surface area (Å²) in [6.07, 6.45) is 4.48. The van der Waals surface area contributed by atoms with E-state index in [2.05, 4.69) is 27.3 Å². The van der Waals surface area contributed by atoms with Gasteiger partial charge in [-0.25, -0.2) is 4.98 Å². The monoisotopic (exact) mass is 399 g/mol. The lowest BCUT2D eigenvalue weighted by molar-refractivity contribution is 0.111. The summed E-state index contributed by atoms with van der Waals surface area (Å²) in [6, 6.07) is 8.48. The Kier molecular flexibility index (Phi) is 6.72. The second kappa shape index (κ2) is 8.80. The molecule has 2 aromatic rings. The van der Waals surface area contributed by atoms with Crippen LogP contribution in [0.5, 0.6) is 0 Å². The maximum atomic E-state index is 6.44. The molecule has 0 amide bonds. The maximum absolute atomic E-state index is 6.44. The van der Waals surface area contributed by atoms with Crippen molar-refractivity contribution in [3.05, 3.63) is 50.9 Å². The summed E-state index contributed by atoms with van der Waals surface area (Å²) in [7, 11) is 0. The van der Waals surface area contributed by atoms with Crippen molar-refractivity contribution in [1.29, 1.82) is 0 Å². The standard InChI is InChI=1S/C18H22ClN3OS.ClH/c19-15-5-2-1-4-14(15)16-11-20-7-8-22(16)12-13-10-21-18(24-13)17-6-3-9-23-17;/h1-2,4-5,10,16-17,20H,3,6-9,11-12H2;1H. The Morgan fingerprint density at radius 1 is 1.36 bits per heavy atom. The highest BCUT2D eigenvalue weighted by molar-refractivity contribution is 7.11. The van der Waals surface area contributed by atoms with E-state index < -0.39 is 0 Å². The summed E-state index contributed by atoms with van der Waals surface area (Å²) in [5, 5.41) is 5.47. The highest BCUT2D eigenvalue weighted by atomic mass is 35.5. The van der Waals surface area contributed by atoms with E-state index in [9.17, 15) is 0 Å². The predicted molar refractivity (Wildman–Crippen MR) is 105 cm³/mol. The third-order valence-corrected chi connectivity index (χ3v) is 6.17. The Labute approximate surface area is 164 Å². The minimum Gasteiger partial charge on any atom is -0.371 e. The zero-order valence-electron chi connectivity index (χ0n) is 14.0. The molecule has 0 spiro atoms. The molecule has 2 atom stereocenters. The van der Waals surface area contributed by atoms with E-state index in [0.29, 0.717) is 6.04 Å². The highest BCUT2D eigenvalue weighted by Gasteiger charge is 2.27. The number of nitrogens with one attached hydrogen (secondary N) is 1. The molecular weight excluding hydrogens is 377 g/mol. The van der Waals surface area contributed by atoms with Gasteiger partial charge >= 0.3 is 0 Å². The summed E-state index contributed by atoms with van der Waals surface area (Å²) in [6.45, 7) is 4.75. The number of rotatable bonds is 4. The number of nitrogens with zero attached hydrogens (tertiary/aromatic N) is 2. The molecule has 0 radical (unpaired) electrons. The first-order valence-electron chi connectivity index (χ1n) is 8.56. The van der Waals surface area contributed by atoms with Crippen molar-refractivity contribution < 1.29 is 4.74 Å². The van der Waals surface area contributed by atoms with Crippen molar-refractivity contribution in [2.24, 2.45) is 0 Å². The number of halogens is 2. The van der Waals surface area contributed by atoms with E-state index >= 15 is 0 Å². The van der Waals surface area contributed by atoms with Crippen LogP contribution >= 0.6 is 35.3 Å². The van der Waals surface area contributed by atoms with Crippen LogP contribution < -0.4 is 5.32 Å². The molecule has 2 fully saturated rings. The Morgan fingerprint density at radius 3 is 3.04 bits per heavy atom. The fourth-order valence-corrected chi connectivity index (χ4v) is 4.79. The molecule has 4 nitrogen and oxygen atoms in total. The zero-order valence-corrected chi connectivity index (χ0v) is 16.4. The molecule has 0 aliphatic carbocycles. The Morgan fingerprint density at radius 2 is 2.24 bits per heavy atom. The number of benzene rings is 1. The minimum atomic E-state index is 0. The predicted octanol–water partition coefficient (Wildman–Crippen LogP) is 4.22. The van der Waals surface area contributed by atoms with Gasteiger partial charge in [-0.1, -0.05) is 29.8 Å². The molecule has 136 valence electrons. The van der Waals surface area contributed by atoms with E-state index in [1.165, 1.54) is 10.4 Å². The normalized spacial score (nSPS) is 24.2. The smallest absolute Gasteiger partial charge is 0.122 e. The van der Waals surface area contributed by atoms with Crippen LogP contribution in [0.15, 0.2) is 30.5 Å². The first-order valence-corrected chi connectivity index (χ1v) is 9.76. The molecular formula is C18H23Cl2N3OS. The van der Waals surface area contributed by atoms with Crippen molar-refractivity contribution in [1.82, 2.24) is 15.2 Å². The van der Waals surface area contributed by atoms with E-state index in [1.807, 2.05) is 18.3 Å². The summed E-state index contributed by atoms with van der Waals surface area (Å²) >= 11 is 8.23. The third-order valence-electron chi connectivity index (χ3n) is 4.75. The van der Waals surface area contributed by atoms with Crippen molar-refractivity contribution in [2.45, 2.75) is 31.5 Å². The van der Waals surface area contributed by atoms with Crippen LogP contribution in [-0.2, 0) is 11.3 Å². The van der Waals surface area contributed by atoms with Crippen molar-refractivity contribution in [3.8, 4) is 0 Å². The van der Waals surface area contributed by atoms with Crippen LogP contribution in [-0.4, -0.2) is 36.1 Å². The van der Waals surface area contributed by atoms with Gasteiger partial charge in [0.1, 0.15) is 11.1 Å². The molecule has 1 aromatic heterocycles. The second-order valence-corrected chi connectivity index (χ2v) is 7.93. The van der Waals surface area contributed by atoms with Gasteiger partial charge in [0, 0.05) is 54.9 Å². The molecule has 7 heteroatoms. The second-order valence-electron chi connectivity index (χ2n) is 6.38. The lowest BCUT2D eigenvalue weighted by atomic mass is 10.0. The molecule has 2 aliphatic heterocycles. The minimum absolute atomic E-state index is 0. The number of piperazine rings is 1. The lowest BCUT2D eigenvalue weighted by Crippen LogP contribution is -2.45. The third kappa shape index (κ3) is 4.35. The number of ether oxygens (including phenoxy) is 1. The van der Waals surface area contributed by atoms with E-state index in [0.717, 1.165) is 55.7 Å². The van der Waals surface area contributed by atoms with Crippen LogP contribution in [0.1, 0.15) is 40.4 Å². The Bertz CT molecular complexity index is 690. The van der Waals surface area contributed by atoms with Crippen LogP contribution in [0.25, 0.3) is 0 Å². The lowest BCUT2D eigenvalue weighted by Gasteiger charge is -2.36. The molecule has 1 N–H and O–H groups in total. The van der Waals surface area contributed by atoms with Gasteiger partial charge in [-0.15, -0.1) is 23.7 Å². The first-order chi connectivity index (χ1) is 11.8. The molecule has 3 heterocycles. The van der Waals surface area contributed by atoms with Gasteiger partial charge in [0.25, 0.3) is 0 Å². The van der Waals surface area contributed by atoms with Crippen LogP contribution in [0, 0.1) is 0 Å². The molecule has 1 aromatic carbocycles. The van der Waals surface area contributed by atoms with Gasteiger partial charge in [-0.05, 0) is 24.5 Å². The summed E-state index contributed by atoms with van der Waals surface area (Å²) < 4.78 is 5.76. The van der Waals surface area contributed by atoms with Crippen molar-refractivity contribution >= 4 is 35.3 Å². The fourth-order valence-electron chi connectivity index (χ4n) is 3.50. The van der Waals surface area contributed by atoms with Gasteiger partial charge in [-0.2, -0.15) is 0 Å². The van der Waals surface area contributed by atoms with E-state index in [4.69, 9.17) is 16.3 Å². The molecule has 4 rings (SSSR count). The Balaban J connectivity index is 0.00000182.